The molecule has 0 fully saturated rings. The first-order valence-corrected chi connectivity index (χ1v) is 6.87. The second-order valence-electron chi connectivity index (χ2n) is 5.23. The molecule has 0 spiro atoms. The van der Waals surface area contributed by atoms with E-state index in [1.165, 1.54) is 6.07 Å². The van der Waals surface area contributed by atoms with Gasteiger partial charge in [-0.15, -0.1) is 0 Å². The van der Waals surface area contributed by atoms with Crippen molar-refractivity contribution >= 4 is 5.69 Å². The molecular weight excluding hydrogens is 270 g/mol. The van der Waals surface area contributed by atoms with Gasteiger partial charge in [0.15, 0.2) is 0 Å². The van der Waals surface area contributed by atoms with Crippen molar-refractivity contribution in [1.29, 1.82) is 5.26 Å². The molecule has 0 bridgehead atoms. The number of hydrogen-bond acceptors (Lipinski definition) is 5. The van der Waals surface area contributed by atoms with Crippen molar-refractivity contribution < 1.29 is 9.66 Å². The predicted octanol–water partition coefficient (Wildman–Crippen LogP) is 2.87. The SMILES string of the molecule is CCNC(C)(C#N)CCOc1cc([N+](=O)[O-])c(C)cc1C. The molecule has 0 amide bonds. The fraction of sp³-hybridized carbons (Fsp3) is 0.533. The first-order chi connectivity index (χ1) is 9.83. The Kier molecular flexibility index (Phi) is 5.68. The molecule has 1 unspecified atom stereocenters. The number of nitro benzene ring substituents is 1. The molecule has 1 aromatic carbocycles. The predicted molar refractivity (Wildman–Crippen MR) is 80.4 cm³/mol. The van der Waals surface area contributed by atoms with Crippen LogP contribution in [0.1, 0.15) is 31.4 Å². The van der Waals surface area contributed by atoms with Crippen molar-refractivity contribution in [2.45, 2.75) is 39.7 Å². The highest BCUT2D eigenvalue weighted by Gasteiger charge is 2.22. The van der Waals surface area contributed by atoms with Gasteiger partial charge in [-0.25, -0.2) is 0 Å². The maximum absolute atomic E-state index is 10.9. The molecule has 0 radical (unpaired) electrons. The summed E-state index contributed by atoms with van der Waals surface area (Å²) in [6.07, 6.45) is 0.498. The van der Waals surface area contributed by atoms with Gasteiger partial charge < -0.3 is 4.74 Å². The second kappa shape index (κ2) is 7.04. The largest absolute Gasteiger partial charge is 0.493 e. The van der Waals surface area contributed by atoms with E-state index in [-0.39, 0.29) is 5.69 Å². The van der Waals surface area contributed by atoms with Gasteiger partial charge in [0.1, 0.15) is 11.3 Å². The van der Waals surface area contributed by atoms with Crippen molar-refractivity contribution in [3.05, 3.63) is 33.4 Å². The third-order valence-corrected chi connectivity index (χ3v) is 3.36. The smallest absolute Gasteiger partial charge is 0.276 e. The van der Waals surface area contributed by atoms with Crippen LogP contribution in [-0.2, 0) is 0 Å². The van der Waals surface area contributed by atoms with Gasteiger partial charge >= 0.3 is 0 Å². The van der Waals surface area contributed by atoms with E-state index < -0.39 is 10.5 Å². The van der Waals surface area contributed by atoms with Crippen molar-refractivity contribution in [2.75, 3.05) is 13.2 Å². The van der Waals surface area contributed by atoms with Gasteiger partial charge in [-0.3, -0.25) is 15.4 Å². The first-order valence-electron chi connectivity index (χ1n) is 6.87. The van der Waals surface area contributed by atoms with E-state index in [1.54, 1.807) is 13.0 Å². The Morgan fingerprint density at radius 3 is 2.62 bits per heavy atom. The molecule has 0 aliphatic carbocycles. The van der Waals surface area contributed by atoms with Crippen LogP contribution < -0.4 is 10.1 Å². The molecule has 0 aliphatic heterocycles. The minimum absolute atomic E-state index is 0.0466. The molecule has 6 nitrogen and oxygen atoms in total. The maximum atomic E-state index is 10.9. The molecule has 0 saturated carbocycles. The van der Waals surface area contributed by atoms with E-state index in [0.717, 1.165) is 5.56 Å². The summed E-state index contributed by atoms with van der Waals surface area (Å²) < 4.78 is 5.63. The summed E-state index contributed by atoms with van der Waals surface area (Å²) in [6, 6.07) is 5.40. The van der Waals surface area contributed by atoms with Gasteiger partial charge in [0.05, 0.1) is 23.7 Å². The maximum Gasteiger partial charge on any atom is 0.276 e. The quantitative estimate of drug-likeness (QED) is 0.616. The van der Waals surface area contributed by atoms with Crippen molar-refractivity contribution in [2.24, 2.45) is 0 Å². The zero-order valence-corrected chi connectivity index (χ0v) is 12.9. The van der Waals surface area contributed by atoms with Crippen LogP contribution in [0.3, 0.4) is 0 Å². The van der Waals surface area contributed by atoms with Crippen LogP contribution in [-0.4, -0.2) is 23.6 Å². The highest BCUT2D eigenvalue weighted by Crippen LogP contribution is 2.28. The van der Waals surface area contributed by atoms with E-state index in [2.05, 4.69) is 11.4 Å². The summed E-state index contributed by atoms with van der Waals surface area (Å²) >= 11 is 0. The number of nitriles is 1. The van der Waals surface area contributed by atoms with Gasteiger partial charge in [0, 0.05) is 12.0 Å². The van der Waals surface area contributed by atoms with Crippen molar-refractivity contribution in [1.82, 2.24) is 5.32 Å². The number of rotatable bonds is 7. The van der Waals surface area contributed by atoms with Crippen molar-refractivity contribution in [3.63, 3.8) is 0 Å². The molecule has 1 rings (SSSR count). The summed E-state index contributed by atoms with van der Waals surface area (Å²) in [6.45, 7) is 8.30. The van der Waals surface area contributed by atoms with Crippen LogP contribution in [0.25, 0.3) is 0 Å². The first kappa shape index (κ1) is 16.9. The number of nitrogens with zero attached hydrogens (tertiary/aromatic N) is 2. The van der Waals surface area contributed by atoms with Gasteiger partial charge in [0.2, 0.25) is 0 Å². The Morgan fingerprint density at radius 1 is 1.43 bits per heavy atom. The highest BCUT2D eigenvalue weighted by atomic mass is 16.6. The lowest BCUT2D eigenvalue weighted by molar-refractivity contribution is -0.385. The molecule has 1 N–H and O–H groups in total. The van der Waals surface area contributed by atoms with E-state index in [1.807, 2.05) is 20.8 Å². The molecule has 0 heterocycles. The van der Waals surface area contributed by atoms with E-state index in [9.17, 15) is 10.1 Å². The molecule has 1 aromatic rings. The van der Waals surface area contributed by atoms with Crippen LogP contribution >= 0.6 is 0 Å². The monoisotopic (exact) mass is 291 g/mol. The zero-order valence-electron chi connectivity index (χ0n) is 12.9. The number of benzene rings is 1. The molecule has 0 saturated heterocycles. The van der Waals surface area contributed by atoms with Gasteiger partial charge in [-0.1, -0.05) is 6.92 Å². The van der Waals surface area contributed by atoms with Crippen LogP contribution in [0.4, 0.5) is 5.69 Å². The third kappa shape index (κ3) is 4.43. The summed E-state index contributed by atoms with van der Waals surface area (Å²) in [5.41, 5.74) is 0.851. The standard InChI is InChI=1S/C15H21N3O3/c1-5-17-15(4,10-16)6-7-21-14-9-13(18(19)20)11(2)8-12(14)3/h8-9,17H,5-7H2,1-4H3. The second-order valence-corrected chi connectivity index (χ2v) is 5.23. The summed E-state index contributed by atoms with van der Waals surface area (Å²) in [4.78, 5) is 10.5. The minimum atomic E-state index is -0.653. The molecule has 0 aliphatic rings. The van der Waals surface area contributed by atoms with E-state index >= 15 is 0 Å². The zero-order chi connectivity index (χ0) is 16.0. The Labute approximate surface area is 124 Å². The van der Waals surface area contributed by atoms with E-state index in [4.69, 9.17) is 10.00 Å². The fourth-order valence-electron chi connectivity index (χ4n) is 2.11. The average Bonchev–Trinajstić information content (AvgIpc) is 2.41. The molecule has 1 atom stereocenters. The number of aryl methyl sites for hydroxylation is 2. The summed E-state index contributed by atoms with van der Waals surface area (Å²) in [7, 11) is 0. The summed E-state index contributed by atoms with van der Waals surface area (Å²) in [5.74, 6) is 0.490. The number of hydrogen-bond donors (Lipinski definition) is 1. The Balaban J connectivity index is 2.79. The van der Waals surface area contributed by atoms with E-state index in [0.29, 0.717) is 30.9 Å². The van der Waals surface area contributed by atoms with Gasteiger partial charge in [0.25, 0.3) is 5.69 Å². The van der Waals surface area contributed by atoms with Crippen LogP contribution in [0.5, 0.6) is 5.75 Å². The molecular formula is C15H21N3O3. The van der Waals surface area contributed by atoms with Crippen LogP contribution in [0, 0.1) is 35.3 Å². The number of ether oxygens (including phenoxy) is 1. The summed E-state index contributed by atoms with van der Waals surface area (Å²) in [5, 5.41) is 23.2. The Bertz CT molecular complexity index is 566. The molecule has 21 heavy (non-hydrogen) atoms. The topological polar surface area (TPSA) is 88.2 Å². The molecule has 114 valence electrons. The van der Waals surface area contributed by atoms with Crippen LogP contribution in [0.15, 0.2) is 12.1 Å². The lowest BCUT2D eigenvalue weighted by Gasteiger charge is -2.22. The van der Waals surface area contributed by atoms with Gasteiger partial charge in [-0.2, -0.15) is 5.26 Å². The molecule has 0 aromatic heterocycles. The Morgan fingerprint density at radius 2 is 2.10 bits per heavy atom. The third-order valence-electron chi connectivity index (χ3n) is 3.36. The lowest BCUT2D eigenvalue weighted by Crippen LogP contribution is -2.42. The number of nitrogens with one attached hydrogen (secondary N) is 1. The lowest BCUT2D eigenvalue weighted by atomic mass is 10.0. The average molecular weight is 291 g/mol. The fourth-order valence-corrected chi connectivity index (χ4v) is 2.11. The minimum Gasteiger partial charge on any atom is -0.493 e. The van der Waals surface area contributed by atoms with Crippen molar-refractivity contribution in [3.8, 4) is 11.8 Å². The normalized spacial score (nSPS) is 13.3. The highest BCUT2D eigenvalue weighted by molar-refractivity contribution is 5.49. The van der Waals surface area contributed by atoms with Crippen LogP contribution in [0.2, 0.25) is 0 Å². The molecule has 6 heteroatoms. The Hall–Kier alpha value is -2.13. The number of nitro groups is 1. The van der Waals surface area contributed by atoms with Gasteiger partial charge in [-0.05, 0) is 38.9 Å².